The number of nitrogens with zero attached hydrogens (tertiary/aromatic N) is 4. The minimum atomic E-state index is -1.30. The van der Waals surface area contributed by atoms with Gasteiger partial charge in [-0.05, 0) is 5.57 Å². The largest absolute Gasteiger partial charge is 0.477 e. The van der Waals surface area contributed by atoms with Crippen molar-refractivity contribution in [3.63, 3.8) is 0 Å². The molecule has 18 heteroatoms. The molecule has 35 heavy (non-hydrogen) atoms. The van der Waals surface area contributed by atoms with Crippen LogP contribution in [0.1, 0.15) is 0 Å². The Balaban J connectivity index is 1.48. The third kappa shape index (κ3) is 4.94. The second kappa shape index (κ2) is 10.2. The highest BCUT2D eigenvalue weighted by Crippen LogP contribution is 2.41. The number of thioether (sulfide) groups is 3. The first-order valence-corrected chi connectivity index (χ1v) is 12.8. The number of nitrogens with one attached hydrogen (secondary N) is 3. The predicted octanol–water partition coefficient (Wildman–Crippen LogP) is -2.28. The maximum atomic E-state index is 12.9. The summed E-state index contributed by atoms with van der Waals surface area (Å²) in [6.45, 7) is 0. The number of nitrogens with two attached hydrogens (primary N) is 1. The summed E-state index contributed by atoms with van der Waals surface area (Å²) in [7, 11) is 1.28. The van der Waals surface area contributed by atoms with E-state index in [0.29, 0.717) is 16.5 Å². The highest BCUT2D eigenvalue weighted by Gasteiger charge is 2.54. The van der Waals surface area contributed by atoms with E-state index in [4.69, 9.17) is 10.6 Å². The zero-order valence-corrected chi connectivity index (χ0v) is 20.3. The highest BCUT2D eigenvalue weighted by atomic mass is 32.2. The Bertz CT molecular complexity index is 1290. The Morgan fingerprint density at radius 1 is 1.37 bits per heavy atom. The number of aliphatic carboxylic acids is 1. The number of hydrogen-bond acceptors (Lipinski definition) is 13. The number of oxime groups is 1. The number of β-lactam (4-membered cyclic amide) rings is 1. The lowest BCUT2D eigenvalue weighted by Crippen LogP contribution is -2.71. The second-order valence-electron chi connectivity index (χ2n) is 7.17. The lowest BCUT2D eigenvalue weighted by molar-refractivity contribution is -0.150. The van der Waals surface area contributed by atoms with Gasteiger partial charge in [0.15, 0.2) is 16.0 Å². The fourth-order valence-electron chi connectivity index (χ4n) is 3.45. The molecule has 0 bridgehead atoms. The van der Waals surface area contributed by atoms with Gasteiger partial charge in [-0.2, -0.15) is 0 Å². The Kier molecular flexibility index (Phi) is 7.22. The van der Waals surface area contributed by atoms with Crippen LogP contribution in [-0.4, -0.2) is 95.7 Å². The van der Waals surface area contributed by atoms with E-state index in [9.17, 15) is 29.1 Å². The first-order chi connectivity index (χ1) is 16.7. The standard InChI is InChI=1S/C17H18N8O7S3/c1-32-24-7(6-4-34-16(18)19-6)10(26)20-8-13(29)25-9(15(30)31)5(2-33-14(8)25)3-35-17-21-11(27)12(28)22-23-17/h6,8,14H,2-4H2,1H3,(H2,18,19)(H,20,26)(H,22,28)(H,30,31)(H,21,23,27)/t6?,8-,14-/m1/s1. The quantitative estimate of drug-likeness (QED) is 0.0770. The molecule has 0 aromatic carbocycles. The van der Waals surface area contributed by atoms with Crippen molar-refractivity contribution in [1.82, 2.24) is 25.4 Å². The molecule has 6 N–H and O–H groups in total. The zero-order chi connectivity index (χ0) is 25.3. The van der Waals surface area contributed by atoms with Crippen LogP contribution in [0.5, 0.6) is 0 Å². The number of rotatable bonds is 8. The Morgan fingerprint density at radius 3 is 2.77 bits per heavy atom. The molecule has 3 aliphatic heterocycles. The summed E-state index contributed by atoms with van der Waals surface area (Å²) in [6.07, 6.45) is 0. The summed E-state index contributed by atoms with van der Waals surface area (Å²) in [4.78, 5) is 72.6. The molecule has 1 aromatic heterocycles. The number of carboxylic acids is 1. The van der Waals surface area contributed by atoms with Crippen molar-refractivity contribution in [1.29, 1.82) is 0 Å². The summed E-state index contributed by atoms with van der Waals surface area (Å²) in [5.41, 5.74) is 4.06. The van der Waals surface area contributed by atoms with Gasteiger partial charge in [-0.15, -0.1) is 16.9 Å². The number of aromatic amines is 2. The van der Waals surface area contributed by atoms with Gasteiger partial charge in [0.1, 0.15) is 30.3 Å². The number of aromatic nitrogens is 3. The van der Waals surface area contributed by atoms with E-state index in [1.165, 1.54) is 30.6 Å². The number of carbonyl (C=O) groups is 3. The van der Waals surface area contributed by atoms with E-state index in [0.717, 1.165) is 16.7 Å². The summed E-state index contributed by atoms with van der Waals surface area (Å²) in [6, 6.07) is -1.60. The third-order valence-electron chi connectivity index (χ3n) is 5.02. The normalized spacial score (nSPS) is 24.0. The number of carboxylic acid groups (broad SMARTS) is 1. The Morgan fingerprint density at radius 2 is 2.14 bits per heavy atom. The van der Waals surface area contributed by atoms with Crippen molar-refractivity contribution in [2.75, 3.05) is 24.4 Å². The average Bonchev–Trinajstić information content (AvgIpc) is 3.26. The second-order valence-corrected chi connectivity index (χ2v) is 10.3. The highest BCUT2D eigenvalue weighted by molar-refractivity contribution is 8.14. The summed E-state index contributed by atoms with van der Waals surface area (Å²) < 4.78 is 0. The minimum absolute atomic E-state index is 0.0407. The van der Waals surface area contributed by atoms with Crippen molar-refractivity contribution in [2.24, 2.45) is 15.9 Å². The van der Waals surface area contributed by atoms with Crippen LogP contribution >= 0.6 is 35.3 Å². The topological polar surface area (TPSA) is 225 Å². The van der Waals surface area contributed by atoms with Crippen LogP contribution in [0.15, 0.2) is 36.2 Å². The molecular formula is C17H18N8O7S3. The van der Waals surface area contributed by atoms with E-state index in [1.807, 2.05) is 5.10 Å². The van der Waals surface area contributed by atoms with Gasteiger partial charge in [0.05, 0.1) is 0 Å². The fraction of sp³-hybridized carbons (Fsp3) is 0.412. The summed E-state index contributed by atoms with van der Waals surface area (Å²) in [5.74, 6) is -1.81. The van der Waals surface area contributed by atoms with E-state index >= 15 is 0 Å². The molecule has 186 valence electrons. The van der Waals surface area contributed by atoms with E-state index in [-0.39, 0.29) is 28.1 Å². The molecule has 15 nitrogen and oxygen atoms in total. The van der Waals surface area contributed by atoms with Crippen LogP contribution in [-0.2, 0) is 19.2 Å². The SMILES string of the molecule is CON=C(C(=O)N[C@@H]1C(=O)N2C(C(=O)O)=C(CSc3n[nH]c(=O)c(=O)[nH]3)CS[C@H]12)C1CSC(N)=N1. The molecule has 4 rings (SSSR count). The molecule has 1 fully saturated rings. The van der Waals surface area contributed by atoms with E-state index in [1.54, 1.807) is 0 Å². The number of H-pyrrole nitrogens is 2. The number of carbonyl (C=O) groups excluding carboxylic acids is 2. The molecule has 1 aromatic rings. The van der Waals surface area contributed by atoms with Crippen LogP contribution in [0.4, 0.5) is 0 Å². The van der Waals surface area contributed by atoms with E-state index < -0.39 is 46.4 Å². The molecule has 0 radical (unpaired) electrons. The van der Waals surface area contributed by atoms with Crippen LogP contribution in [0.3, 0.4) is 0 Å². The van der Waals surface area contributed by atoms with Crippen molar-refractivity contribution < 1.29 is 24.3 Å². The predicted molar refractivity (Wildman–Crippen MR) is 128 cm³/mol. The molecule has 0 saturated carbocycles. The molecule has 3 atom stereocenters. The Labute approximate surface area is 208 Å². The van der Waals surface area contributed by atoms with Crippen molar-refractivity contribution in [3.05, 3.63) is 32.0 Å². The monoisotopic (exact) mass is 542 g/mol. The van der Waals surface area contributed by atoms with Gasteiger partial charge in [0.25, 0.3) is 11.8 Å². The molecule has 2 amide bonds. The lowest BCUT2D eigenvalue weighted by Gasteiger charge is -2.49. The van der Waals surface area contributed by atoms with Gasteiger partial charge in [-0.1, -0.05) is 28.7 Å². The number of aliphatic imine (C=N–C) groups is 1. The van der Waals surface area contributed by atoms with Crippen LogP contribution < -0.4 is 22.2 Å². The number of hydrogen-bond donors (Lipinski definition) is 5. The van der Waals surface area contributed by atoms with Crippen LogP contribution in [0.25, 0.3) is 0 Å². The number of fused-ring (bicyclic) bond motifs is 1. The molecule has 1 unspecified atom stereocenters. The lowest BCUT2D eigenvalue weighted by atomic mass is 10.0. The average molecular weight is 543 g/mol. The van der Waals surface area contributed by atoms with Crippen molar-refractivity contribution in [2.45, 2.75) is 22.6 Å². The van der Waals surface area contributed by atoms with Crippen LogP contribution in [0.2, 0.25) is 0 Å². The summed E-state index contributed by atoms with van der Waals surface area (Å²) >= 11 is 3.54. The van der Waals surface area contributed by atoms with Crippen molar-refractivity contribution >= 4 is 63.9 Å². The first-order valence-electron chi connectivity index (χ1n) is 9.81. The third-order valence-corrected chi connectivity index (χ3v) is 8.20. The smallest absolute Gasteiger partial charge is 0.352 e. The molecular weight excluding hydrogens is 524 g/mol. The molecule has 0 spiro atoms. The summed E-state index contributed by atoms with van der Waals surface area (Å²) in [5, 5.41) is 21.6. The van der Waals surface area contributed by atoms with Gasteiger partial charge in [-0.25, -0.2) is 9.89 Å². The molecule has 0 aliphatic carbocycles. The molecule has 3 aliphatic rings. The van der Waals surface area contributed by atoms with Crippen molar-refractivity contribution in [3.8, 4) is 0 Å². The van der Waals surface area contributed by atoms with Crippen LogP contribution in [0, 0.1) is 0 Å². The molecule has 1 saturated heterocycles. The van der Waals surface area contributed by atoms with Gasteiger partial charge in [0.2, 0.25) is 0 Å². The van der Waals surface area contributed by atoms with Gasteiger partial charge >= 0.3 is 17.1 Å². The maximum absolute atomic E-state index is 12.9. The van der Waals surface area contributed by atoms with E-state index in [2.05, 4.69) is 25.5 Å². The van der Waals surface area contributed by atoms with Gasteiger partial charge in [-0.3, -0.25) is 34.1 Å². The fourth-order valence-corrected chi connectivity index (χ4v) is 6.51. The first kappa shape index (κ1) is 24.9. The van der Waals surface area contributed by atoms with Gasteiger partial charge < -0.3 is 21.0 Å². The van der Waals surface area contributed by atoms with Gasteiger partial charge in [0, 0.05) is 17.3 Å². The molecule has 4 heterocycles. The number of amides is 2. The maximum Gasteiger partial charge on any atom is 0.352 e. The Hall–Kier alpha value is -3.25. The minimum Gasteiger partial charge on any atom is -0.477 e. The zero-order valence-electron chi connectivity index (χ0n) is 17.8. The number of amidine groups is 1.